The van der Waals surface area contributed by atoms with Gasteiger partial charge in [0, 0.05) is 43.3 Å². The zero-order valence-electron chi connectivity index (χ0n) is 16.3. The molecule has 1 aromatic heterocycles. The van der Waals surface area contributed by atoms with Crippen molar-refractivity contribution < 1.29 is 4.42 Å². The number of rotatable bonds is 5. The standard InChI is InChI=1S/C22H25ClN4O/c1-16-5-3-6-18(13-16)15-26-9-11-27(12-10-26)17(2)21-24-25-22(28-21)19-7-4-8-20(23)14-19/h3-8,13-14,17H,9-12,15H2,1-2H3/t17-/m1/s1. The smallest absolute Gasteiger partial charge is 0.247 e. The molecule has 3 aromatic rings. The molecule has 146 valence electrons. The fraction of sp³-hybridized carbons (Fsp3) is 0.364. The van der Waals surface area contributed by atoms with Gasteiger partial charge in [-0.1, -0.05) is 47.5 Å². The molecule has 1 aliphatic rings. The van der Waals surface area contributed by atoms with Crippen LogP contribution in [0.25, 0.3) is 11.5 Å². The normalized spacial score (nSPS) is 17.0. The van der Waals surface area contributed by atoms with Gasteiger partial charge in [0.15, 0.2) is 0 Å². The molecule has 2 aromatic carbocycles. The molecule has 0 aliphatic carbocycles. The topological polar surface area (TPSA) is 45.4 Å². The van der Waals surface area contributed by atoms with Crippen molar-refractivity contribution in [3.8, 4) is 11.5 Å². The molecule has 0 N–H and O–H groups in total. The summed E-state index contributed by atoms with van der Waals surface area (Å²) in [6.45, 7) is 9.32. The zero-order chi connectivity index (χ0) is 19.5. The van der Waals surface area contributed by atoms with Crippen LogP contribution in [0.3, 0.4) is 0 Å². The first-order valence-electron chi connectivity index (χ1n) is 9.70. The number of benzene rings is 2. The predicted molar refractivity (Wildman–Crippen MR) is 111 cm³/mol. The summed E-state index contributed by atoms with van der Waals surface area (Å²) in [5, 5.41) is 9.15. The van der Waals surface area contributed by atoms with Crippen LogP contribution in [0.2, 0.25) is 5.02 Å². The van der Waals surface area contributed by atoms with Gasteiger partial charge in [-0.15, -0.1) is 10.2 Å². The number of aromatic nitrogens is 2. The SMILES string of the molecule is Cc1cccc(CN2CCN([C@H](C)c3nnc(-c4cccc(Cl)c4)o3)CC2)c1. The van der Waals surface area contributed by atoms with Crippen molar-refractivity contribution in [1.29, 1.82) is 0 Å². The second kappa shape index (κ2) is 8.43. The lowest BCUT2D eigenvalue weighted by atomic mass is 10.1. The first kappa shape index (κ1) is 19.1. The molecule has 0 amide bonds. The lowest BCUT2D eigenvalue weighted by Crippen LogP contribution is -2.46. The van der Waals surface area contributed by atoms with Gasteiger partial charge in [-0.25, -0.2) is 0 Å². The summed E-state index contributed by atoms with van der Waals surface area (Å²) < 4.78 is 5.94. The average Bonchev–Trinajstić information content (AvgIpc) is 3.18. The molecule has 0 bridgehead atoms. The maximum Gasteiger partial charge on any atom is 0.247 e. The maximum atomic E-state index is 6.06. The first-order valence-corrected chi connectivity index (χ1v) is 10.1. The van der Waals surface area contributed by atoms with Crippen LogP contribution in [0.15, 0.2) is 52.9 Å². The summed E-state index contributed by atoms with van der Waals surface area (Å²) in [6, 6.07) is 16.3. The molecular formula is C22H25ClN4O. The van der Waals surface area contributed by atoms with Crippen LogP contribution in [0, 0.1) is 6.92 Å². The summed E-state index contributed by atoms with van der Waals surface area (Å²) >= 11 is 6.06. The number of hydrogen-bond acceptors (Lipinski definition) is 5. The van der Waals surface area contributed by atoms with Gasteiger partial charge in [-0.05, 0) is 37.6 Å². The van der Waals surface area contributed by atoms with E-state index in [1.807, 2.05) is 24.3 Å². The van der Waals surface area contributed by atoms with Gasteiger partial charge >= 0.3 is 0 Å². The third kappa shape index (κ3) is 4.43. The number of halogens is 1. The Morgan fingerprint density at radius 1 is 1.04 bits per heavy atom. The minimum Gasteiger partial charge on any atom is -0.419 e. The molecule has 0 unspecified atom stereocenters. The van der Waals surface area contributed by atoms with Crippen molar-refractivity contribution in [2.45, 2.75) is 26.4 Å². The number of hydrogen-bond donors (Lipinski definition) is 0. The second-order valence-corrected chi connectivity index (χ2v) is 7.87. The van der Waals surface area contributed by atoms with Gasteiger partial charge in [0.1, 0.15) is 0 Å². The largest absolute Gasteiger partial charge is 0.419 e. The van der Waals surface area contributed by atoms with Crippen molar-refractivity contribution in [3.05, 3.63) is 70.6 Å². The van der Waals surface area contributed by atoms with Crippen LogP contribution in [0.4, 0.5) is 0 Å². The maximum absolute atomic E-state index is 6.06. The average molecular weight is 397 g/mol. The molecule has 0 radical (unpaired) electrons. The van der Waals surface area contributed by atoms with E-state index in [1.165, 1.54) is 11.1 Å². The van der Waals surface area contributed by atoms with E-state index in [0.29, 0.717) is 16.8 Å². The van der Waals surface area contributed by atoms with Crippen LogP contribution in [-0.4, -0.2) is 46.2 Å². The van der Waals surface area contributed by atoms with Gasteiger partial charge in [-0.3, -0.25) is 9.80 Å². The van der Waals surface area contributed by atoms with E-state index in [4.69, 9.17) is 16.0 Å². The number of aryl methyl sites for hydroxylation is 1. The highest BCUT2D eigenvalue weighted by molar-refractivity contribution is 6.30. The molecule has 28 heavy (non-hydrogen) atoms. The highest BCUT2D eigenvalue weighted by Crippen LogP contribution is 2.26. The van der Waals surface area contributed by atoms with Gasteiger partial charge in [0.2, 0.25) is 11.8 Å². The van der Waals surface area contributed by atoms with Crippen LogP contribution in [-0.2, 0) is 6.54 Å². The van der Waals surface area contributed by atoms with E-state index < -0.39 is 0 Å². The van der Waals surface area contributed by atoms with E-state index in [9.17, 15) is 0 Å². The zero-order valence-corrected chi connectivity index (χ0v) is 17.1. The molecular weight excluding hydrogens is 372 g/mol. The molecule has 4 rings (SSSR count). The summed E-state index contributed by atoms with van der Waals surface area (Å²) in [7, 11) is 0. The van der Waals surface area contributed by atoms with E-state index in [-0.39, 0.29) is 6.04 Å². The Bertz CT molecular complexity index is 934. The van der Waals surface area contributed by atoms with E-state index >= 15 is 0 Å². The fourth-order valence-corrected chi connectivity index (χ4v) is 3.87. The third-order valence-corrected chi connectivity index (χ3v) is 5.55. The van der Waals surface area contributed by atoms with Gasteiger partial charge in [0.05, 0.1) is 6.04 Å². The van der Waals surface area contributed by atoms with Crippen molar-refractivity contribution in [2.24, 2.45) is 0 Å². The number of piperazine rings is 1. The Kier molecular flexibility index (Phi) is 5.76. The molecule has 1 aliphatic heterocycles. The third-order valence-electron chi connectivity index (χ3n) is 5.31. The first-order chi connectivity index (χ1) is 13.6. The molecule has 0 saturated carbocycles. The summed E-state index contributed by atoms with van der Waals surface area (Å²) in [4.78, 5) is 4.91. The molecule has 1 saturated heterocycles. The van der Waals surface area contributed by atoms with E-state index in [2.05, 4.69) is 58.1 Å². The Labute approximate surface area is 170 Å². The Morgan fingerprint density at radius 3 is 2.57 bits per heavy atom. The molecule has 5 nitrogen and oxygen atoms in total. The van der Waals surface area contributed by atoms with Crippen molar-refractivity contribution in [3.63, 3.8) is 0 Å². The van der Waals surface area contributed by atoms with Crippen LogP contribution >= 0.6 is 11.6 Å². The van der Waals surface area contributed by atoms with Gasteiger partial charge in [0.25, 0.3) is 0 Å². The Morgan fingerprint density at radius 2 is 1.82 bits per heavy atom. The lowest BCUT2D eigenvalue weighted by Gasteiger charge is -2.36. The lowest BCUT2D eigenvalue weighted by molar-refractivity contribution is 0.0876. The van der Waals surface area contributed by atoms with Crippen molar-refractivity contribution in [2.75, 3.05) is 26.2 Å². The van der Waals surface area contributed by atoms with Crippen molar-refractivity contribution >= 4 is 11.6 Å². The van der Waals surface area contributed by atoms with Crippen molar-refractivity contribution in [1.82, 2.24) is 20.0 Å². The fourth-order valence-electron chi connectivity index (χ4n) is 3.68. The van der Waals surface area contributed by atoms with E-state index in [1.54, 1.807) is 0 Å². The van der Waals surface area contributed by atoms with Crippen LogP contribution < -0.4 is 0 Å². The summed E-state index contributed by atoms with van der Waals surface area (Å²) in [5.74, 6) is 1.17. The minimum atomic E-state index is 0.0987. The van der Waals surface area contributed by atoms with E-state index in [0.717, 1.165) is 38.3 Å². The Hall–Kier alpha value is -2.21. The van der Waals surface area contributed by atoms with Gasteiger partial charge in [-0.2, -0.15) is 0 Å². The highest BCUT2D eigenvalue weighted by Gasteiger charge is 2.26. The summed E-state index contributed by atoms with van der Waals surface area (Å²) in [6.07, 6.45) is 0. The quantitative estimate of drug-likeness (QED) is 0.631. The molecule has 2 heterocycles. The molecule has 6 heteroatoms. The Balaban J connectivity index is 1.36. The predicted octanol–water partition coefficient (Wildman–Crippen LogP) is 4.58. The molecule has 1 atom stereocenters. The van der Waals surface area contributed by atoms with Crippen LogP contribution in [0.1, 0.15) is 30.0 Å². The monoisotopic (exact) mass is 396 g/mol. The molecule has 1 fully saturated rings. The van der Waals surface area contributed by atoms with Gasteiger partial charge < -0.3 is 4.42 Å². The van der Waals surface area contributed by atoms with Crippen LogP contribution in [0.5, 0.6) is 0 Å². The highest BCUT2D eigenvalue weighted by atomic mass is 35.5. The minimum absolute atomic E-state index is 0.0987. The summed E-state index contributed by atoms with van der Waals surface area (Å²) in [5.41, 5.74) is 3.54. The second-order valence-electron chi connectivity index (χ2n) is 7.43. The number of nitrogens with zero attached hydrogens (tertiary/aromatic N) is 4. The molecule has 0 spiro atoms.